The number of nitrogens with zero attached hydrogens (tertiary/aromatic N) is 2. The molecule has 2 aromatic carbocycles. The molecule has 0 bridgehead atoms. The lowest BCUT2D eigenvalue weighted by atomic mass is 10.1. The summed E-state index contributed by atoms with van der Waals surface area (Å²) in [5.74, 6) is -2.48. The van der Waals surface area contributed by atoms with Crippen LogP contribution >= 0.6 is 11.3 Å². The van der Waals surface area contributed by atoms with E-state index in [2.05, 4.69) is 5.16 Å². The van der Waals surface area contributed by atoms with Gasteiger partial charge in [-0.25, -0.2) is 13.2 Å². The Kier molecular flexibility index (Phi) is 5.85. The van der Waals surface area contributed by atoms with E-state index in [1.807, 2.05) is 17.5 Å². The van der Waals surface area contributed by atoms with Gasteiger partial charge >= 0.3 is 0 Å². The van der Waals surface area contributed by atoms with Crippen LogP contribution in [0.3, 0.4) is 0 Å². The van der Waals surface area contributed by atoms with Gasteiger partial charge in [0, 0.05) is 30.2 Å². The third kappa shape index (κ3) is 4.54. The molecule has 0 spiro atoms. The van der Waals surface area contributed by atoms with Gasteiger partial charge in [-0.3, -0.25) is 4.79 Å². The molecular weight excluding hydrogens is 413 g/mol. The molecule has 2 heterocycles. The van der Waals surface area contributed by atoms with Crippen molar-refractivity contribution in [3.63, 3.8) is 0 Å². The van der Waals surface area contributed by atoms with Crippen LogP contribution in [0.5, 0.6) is 0 Å². The topological polar surface area (TPSA) is 41.9 Å². The van der Waals surface area contributed by atoms with Crippen LogP contribution in [0.2, 0.25) is 0 Å². The zero-order valence-electron chi connectivity index (χ0n) is 15.7. The van der Waals surface area contributed by atoms with Gasteiger partial charge in [-0.15, -0.1) is 11.3 Å². The van der Waals surface area contributed by atoms with E-state index in [-0.39, 0.29) is 24.2 Å². The number of thiophene rings is 1. The largest absolute Gasteiger partial charge is 0.390 e. The number of carbonyl (C=O) groups is 1. The lowest BCUT2D eigenvalue weighted by Gasteiger charge is -2.25. The molecule has 4 rings (SSSR count). The van der Waals surface area contributed by atoms with E-state index in [4.69, 9.17) is 4.84 Å². The molecule has 0 saturated carbocycles. The van der Waals surface area contributed by atoms with E-state index in [0.29, 0.717) is 6.42 Å². The number of amides is 1. The summed E-state index contributed by atoms with van der Waals surface area (Å²) in [6, 6.07) is 12.3. The Hall–Kier alpha value is -3.13. The monoisotopic (exact) mass is 430 g/mol. The fourth-order valence-electron chi connectivity index (χ4n) is 3.24. The van der Waals surface area contributed by atoms with Crippen molar-refractivity contribution in [2.75, 3.05) is 6.54 Å². The summed E-state index contributed by atoms with van der Waals surface area (Å²) in [4.78, 5) is 20.9. The lowest BCUT2D eigenvalue weighted by Crippen LogP contribution is -2.37. The van der Waals surface area contributed by atoms with Crippen LogP contribution in [0.1, 0.15) is 27.2 Å². The number of hydrogen-bond acceptors (Lipinski definition) is 4. The number of rotatable bonds is 6. The van der Waals surface area contributed by atoms with Crippen molar-refractivity contribution < 1.29 is 22.8 Å². The summed E-state index contributed by atoms with van der Waals surface area (Å²) in [7, 11) is 0. The summed E-state index contributed by atoms with van der Waals surface area (Å²) < 4.78 is 41.1. The normalized spacial score (nSPS) is 15.6. The molecule has 0 N–H and O–H groups in total. The number of hydrogen-bond donors (Lipinski definition) is 0. The second-order valence-electron chi connectivity index (χ2n) is 6.88. The summed E-state index contributed by atoms with van der Waals surface area (Å²) in [5.41, 5.74) is 1.06. The summed E-state index contributed by atoms with van der Waals surface area (Å²) >= 11 is 1.53. The second kappa shape index (κ2) is 8.71. The molecule has 1 amide bonds. The fourth-order valence-corrected chi connectivity index (χ4v) is 3.96. The van der Waals surface area contributed by atoms with Crippen molar-refractivity contribution in [1.82, 2.24) is 4.90 Å². The van der Waals surface area contributed by atoms with Crippen molar-refractivity contribution in [2.45, 2.75) is 19.1 Å². The van der Waals surface area contributed by atoms with Gasteiger partial charge in [-0.05, 0) is 35.7 Å². The predicted octanol–water partition coefficient (Wildman–Crippen LogP) is 5.00. The van der Waals surface area contributed by atoms with Crippen LogP contribution in [-0.4, -0.2) is 29.2 Å². The average molecular weight is 430 g/mol. The standard InChI is InChI=1S/C22H17F3N2O2S/c23-16-4-1-3-14(9-16)22(28)27(12-15-6-7-17(24)10-19(15)25)13-18-11-20(26-29-18)21-5-2-8-30-21/h1-10,18H,11-13H2. The van der Waals surface area contributed by atoms with Gasteiger partial charge in [-0.1, -0.05) is 23.4 Å². The van der Waals surface area contributed by atoms with E-state index >= 15 is 0 Å². The Bertz CT molecular complexity index is 1090. The summed E-state index contributed by atoms with van der Waals surface area (Å²) in [6.07, 6.45) is 0.0578. The number of carbonyl (C=O) groups excluding carboxylic acids is 1. The molecule has 8 heteroatoms. The Morgan fingerprint density at radius 1 is 1.10 bits per heavy atom. The van der Waals surface area contributed by atoms with E-state index in [1.165, 1.54) is 40.5 Å². The first-order valence-electron chi connectivity index (χ1n) is 9.25. The quantitative estimate of drug-likeness (QED) is 0.552. The molecule has 1 aromatic heterocycles. The summed E-state index contributed by atoms with van der Waals surface area (Å²) in [6.45, 7) is 0.000192. The molecule has 1 atom stereocenters. The maximum atomic E-state index is 14.2. The number of benzene rings is 2. The highest BCUT2D eigenvalue weighted by molar-refractivity contribution is 7.12. The van der Waals surface area contributed by atoms with Gasteiger partial charge in [0.15, 0.2) is 6.10 Å². The van der Waals surface area contributed by atoms with Gasteiger partial charge in [-0.2, -0.15) is 0 Å². The molecular formula is C22H17F3N2O2S. The van der Waals surface area contributed by atoms with Gasteiger partial charge in [0.25, 0.3) is 5.91 Å². The predicted molar refractivity (Wildman–Crippen MR) is 108 cm³/mol. The van der Waals surface area contributed by atoms with Gasteiger partial charge in [0.1, 0.15) is 23.2 Å². The Morgan fingerprint density at radius 2 is 1.93 bits per heavy atom. The highest BCUT2D eigenvalue weighted by atomic mass is 32.1. The first kappa shape index (κ1) is 20.2. The minimum Gasteiger partial charge on any atom is -0.390 e. The minimum absolute atomic E-state index is 0.115. The van der Waals surface area contributed by atoms with Crippen LogP contribution in [0.4, 0.5) is 13.2 Å². The number of oxime groups is 1. The SMILES string of the molecule is O=C(c1cccc(F)c1)N(Cc1ccc(F)cc1F)CC1CC(c2cccs2)=NO1. The Morgan fingerprint density at radius 3 is 2.67 bits per heavy atom. The first-order valence-corrected chi connectivity index (χ1v) is 10.1. The Labute approximate surface area is 175 Å². The van der Waals surface area contributed by atoms with Crippen LogP contribution in [-0.2, 0) is 11.4 Å². The summed E-state index contributed by atoms with van der Waals surface area (Å²) in [5, 5.41) is 6.03. The molecule has 0 aliphatic carbocycles. The zero-order chi connectivity index (χ0) is 21.1. The highest BCUT2D eigenvalue weighted by Crippen LogP contribution is 2.23. The van der Waals surface area contributed by atoms with Crippen molar-refractivity contribution >= 4 is 23.0 Å². The maximum Gasteiger partial charge on any atom is 0.254 e. The molecule has 3 aromatic rings. The molecule has 4 nitrogen and oxygen atoms in total. The third-order valence-electron chi connectivity index (χ3n) is 4.70. The maximum absolute atomic E-state index is 14.2. The highest BCUT2D eigenvalue weighted by Gasteiger charge is 2.28. The third-order valence-corrected chi connectivity index (χ3v) is 5.62. The van der Waals surface area contributed by atoms with Crippen molar-refractivity contribution in [2.24, 2.45) is 5.16 Å². The molecule has 30 heavy (non-hydrogen) atoms. The van der Waals surface area contributed by atoms with Crippen LogP contribution < -0.4 is 0 Å². The zero-order valence-corrected chi connectivity index (χ0v) is 16.5. The average Bonchev–Trinajstić information content (AvgIpc) is 3.40. The van der Waals surface area contributed by atoms with Crippen LogP contribution in [0.15, 0.2) is 65.1 Å². The van der Waals surface area contributed by atoms with Gasteiger partial charge < -0.3 is 9.74 Å². The van der Waals surface area contributed by atoms with Crippen LogP contribution in [0, 0.1) is 17.5 Å². The van der Waals surface area contributed by atoms with Crippen molar-refractivity contribution in [1.29, 1.82) is 0 Å². The first-order chi connectivity index (χ1) is 14.5. The molecule has 0 fully saturated rings. The van der Waals surface area contributed by atoms with E-state index in [0.717, 1.165) is 28.8 Å². The van der Waals surface area contributed by atoms with Crippen molar-refractivity contribution in [3.8, 4) is 0 Å². The molecule has 154 valence electrons. The lowest BCUT2D eigenvalue weighted by molar-refractivity contribution is 0.0402. The second-order valence-corrected chi connectivity index (χ2v) is 7.83. The van der Waals surface area contributed by atoms with E-state index in [9.17, 15) is 18.0 Å². The van der Waals surface area contributed by atoms with Crippen LogP contribution in [0.25, 0.3) is 0 Å². The molecule has 0 radical (unpaired) electrons. The number of halogens is 3. The van der Waals surface area contributed by atoms with Gasteiger partial charge in [0.05, 0.1) is 11.4 Å². The Balaban J connectivity index is 1.55. The molecule has 0 saturated heterocycles. The van der Waals surface area contributed by atoms with Gasteiger partial charge in [0.2, 0.25) is 0 Å². The fraction of sp³-hybridized carbons (Fsp3) is 0.182. The molecule has 1 aliphatic rings. The van der Waals surface area contributed by atoms with E-state index in [1.54, 1.807) is 0 Å². The molecule has 1 unspecified atom stereocenters. The van der Waals surface area contributed by atoms with Crippen molar-refractivity contribution in [3.05, 3.63) is 93.4 Å². The minimum atomic E-state index is -0.755. The van der Waals surface area contributed by atoms with E-state index < -0.39 is 29.5 Å². The molecule has 1 aliphatic heterocycles. The smallest absolute Gasteiger partial charge is 0.254 e.